The molecule has 0 aliphatic heterocycles. The monoisotopic (exact) mass is 334 g/mol. The van der Waals surface area contributed by atoms with Crippen molar-refractivity contribution >= 4 is 23.2 Å². The second-order valence-corrected chi connectivity index (χ2v) is 6.16. The topological polar surface area (TPSA) is 91.5 Å². The van der Waals surface area contributed by atoms with Crippen molar-refractivity contribution in [1.29, 1.82) is 0 Å². The first kappa shape index (κ1) is 17.0. The molecule has 1 amide bonds. The van der Waals surface area contributed by atoms with Crippen LogP contribution in [0.2, 0.25) is 0 Å². The van der Waals surface area contributed by atoms with Gasteiger partial charge in [0.1, 0.15) is 22.2 Å². The van der Waals surface area contributed by atoms with Gasteiger partial charge < -0.3 is 15.2 Å². The van der Waals surface area contributed by atoms with Crippen molar-refractivity contribution in [2.45, 2.75) is 33.5 Å². The quantitative estimate of drug-likeness (QED) is 0.819. The fourth-order valence-corrected chi connectivity index (χ4v) is 2.62. The molecule has 0 aliphatic rings. The maximum absolute atomic E-state index is 12.0. The number of benzene rings is 1. The van der Waals surface area contributed by atoms with Gasteiger partial charge in [0.25, 0.3) is 5.91 Å². The van der Waals surface area contributed by atoms with E-state index < -0.39 is 18.0 Å². The number of nitrogens with two attached hydrogens (primary N) is 1. The van der Waals surface area contributed by atoms with E-state index in [0.717, 1.165) is 11.3 Å². The Bertz CT molecular complexity index is 709. The van der Waals surface area contributed by atoms with E-state index in [0.29, 0.717) is 15.6 Å². The molecule has 1 atom stereocenters. The maximum Gasteiger partial charge on any atom is 0.351 e. The molecule has 2 N–H and O–H groups in total. The molecule has 1 aromatic heterocycles. The minimum atomic E-state index is -0.976. The summed E-state index contributed by atoms with van der Waals surface area (Å²) in [5, 5.41) is 0.654. The lowest BCUT2D eigenvalue weighted by atomic mass is 10.2. The zero-order valence-corrected chi connectivity index (χ0v) is 14.0. The predicted octanol–water partition coefficient (Wildman–Crippen LogP) is 2.37. The fraction of sp³-hybridized carbons (Fsp3) is 0.312. The van der Waals surface area contributed by atoms with Gasteiger partial charge in [-0.15, -0.1) is 11.3 Å². The van der Waals surface area contributed by atoms with Crippen LogP contribution in [0, 0.1) is 13.8 Å². The molecule has 0 unspecified atom stereocenters. The van der Waals surface area contributed by atoms with Crippen molar-refractivity contribution in [3.05, 3.63) is 45.4 Å². The van der Waals surface area contributed by atoms with Crippen molar-refractivity contribution in [3.8, 4) is 5.75 Å². The number of amides is 1. The van der Waals surface area contributed by atoms with E-state index >= 15 is 0 Å². The first-order valence-electron chi connectivity index (χ1n) is 7.03. The molecule has 7 heteroatoms. The van der Waals surface area contributed by atoms with Crippen LogP contribution in [0.4, 0.5) is 0 Å². The number of rotatable bonds is 6. The van der Waals surface area contributed by atoms with Crippen LogP contribution in [-0.4, -0.2) is 23.0 Å². The number of thiazole rings is 1. The van der Waals surface area contributed by atoms with Crippen LogP contribution in [0.1, 0.15) is 32.9 Å². The number of hydrogen-bond acceptors (Lipinski definition) is 6. The standard InChI is InChI=1S/C16H18N2O4S/c1-9-4-6-12(7-5-9)21-8-13-18-10(2)14(23-13)16(20)22-11(3)15(17)19/h4-7,11H,8H2,1-3H3,(H2,17,19)/t11-/m0/s1. The molecule has 2 rings (SSSR count). The van der Waals surface area contributed by atoms with E-state index in [-0.39, 0.29) is 6.61 Å². The van der Waals surface area contributed by atoms with Gasteiger partial charge in [0, 0.05) is 0 Å². The molecule has 1 heterocycles. The number of carbonyl (C=O) groups excluding carboxylic acids is 2. The van der Waals surface area contributed by atoms with Gasteiger partial charge in [-0.1, -0.05) is 17.7 Å². The number of primary amides is 1. The molecule has 0 aliphatic carbocycles. The predicted molar refractivity (Wildman–Crippen MR) is 86.4 cm³/mol. The van der Waals surface area contributed by atoms with E-state index in [1.54, 1.807) is 6.92 Å². The fourth-order valence-electron chi connectivity index (χ4n) is 1.76. The van der Waals surface area contributed by atoms with Crippen molar-refractivity contribution < 1.29 is 19.1 Å². The Morgan fingerprint density at radius 3 is 2.52 bits per heavy atom. The van der Waals surface area contributed by atoms with Gasteiger partial charge in [-0.05, 0) is 32.9 Å². The van der Waals surface area contributed by atoms with Crippen molar-refractivity contribution in [3.63, 3.8) is 0 Å². The summed E-state index contributed by atoms with van der Waals surface area (Å²) in [6, 6.07) is 7.66. The summed E-state index contributed by atoms with van der Waals surface area (Å²) in [5.41, 5.74) is 6.77. The first-order valence-corrected chi connectivity index (χ1v) is 7.84. The molecule has 0 saturated heterocycles. The molecule has 0 spiro atoms. The molecule has 0 saturated carbocycles. The highest BCUT2D eigenvalue weighted by molar-refractivity contribution is 7.13. The molecule has 6 nitrogen and oxygen atoms in total. The summed E-state index contributed by atoms with van der Waals surface area (Å²) in [4.78, 5) is 27.6. The summed E-state index contributed by atoms with van der Waals surface area (Å²) in [6.07, 6.45) is -0.976. The lowest BCUT2D eigenvalue weighted by Gasteiger charge is -2.08. The third kappa shape index (κ3) is 4.53. The molecule has 0 radical (unpaired) electrons. The molecule has 2 aromatic rings. The average Bonchev–Trinajstić information content (AvgIpc) is 2.87. The first-order chi connectivity index (χ1) is 10.9. The van der Waals surface area contributed by atoms with Gasteiger partial charge in [0.05, 0.1) is 5.69 Å². The normalized spacial score (nSPS) is 11.8. The van der Waals surface area contributed by atoms with Gasteiger partial charge in [0.2, 0.25) is 0 Å². The third-order valence-corrected chi connectivity index (χ3v) is 4.21. The van der Waals surface area contributed by atoms with Crippen LogP contribution in [0.25, 0.3) is 0 Å². The lowest BCUT2D eigenvalue weighted by Crippen LogP contribution is -2.30. The second-order valence-electron chi connectivity index (χ2n) is 5.07. The summed E-state index contributed by atoms with van der Waals surface area (Å²) in [5.74, 6) is -0.564. The molecule has 0 bridgehead atoms. The number of nitrogens with zero attached hydrogens (tertiary/aromatic N) is 1. The molecule has 23 heavy (non-hydrogen) atoms. The van der Waals surface area contributed by atoms with Crippen LogP contribution >= 0.6 is 11.3 Å². The summed E-state index contributed by atoms with van der Waals surface area (Å²) in [7, 11) is 0. The highest BCUT2D eigenvalue weighted by atomic mass is 32.1. The minimum Gasteiger partial charge on any atom is -0.486 e. The molecule has 1 aromatic carbocycles. The zero-order valence-electron chi connectivity index (χ0n) is 13.2. The Morgan fingerprint density at radius 1 is 1.26 bits per heavy atom. The van der Waals surface area contributed by atoms with Crippen LogP contribution in [0.3, 0.4) is 0 Å². The number of hydrogen-bond donors (Lipinski definition) is 1. The molecule has 0 fully saturated rings. The van der Waals surface area contributed by atoms with Crippen LogP contribution in [0.15, 0.2) is 24.3 Å². The van der Waals surface area contributed by atoms with Crippen LogP contribution < -0.4 is 10.5 Å². The van der Waals surface area contributed by atoms with E-state index in [1.165, 1.54) is 18.3 Å². The van der Waals surface area contributed by atoms with Crippen molar-refractivity contribution in [2.75, 3.05) is 0 Å². The number of aryl methyl sites for hydroxylation is 2. The SMILES string of the molecule is Cc1ccc(OCc2nc(C)c(C(=O)O[C@@H](C)C(N)=O)s2)cc1. The van der Waals surface area contributed by atoms with E-state index in [1.807, 2.05) is 31.2 Å². The van der Waals surface area contributed by atoms with Gasteiger partial charge in [-0.3, -0.25) is 4.79 Å². The molecular formula is C16H18N2O4S. The summed E-state index contributed by atoms with van der Waals surface area (Å²) in [6.45, 7) is 5.39. The van der Waals surface area contributed by atoms with Gasteiger partial charge in [-0.25, -0.2) is 9.78 Å². The van der Waals surface area contributed by atoms with Crippen molar-refractivity contribution in [2.24, 2.45) is 5.73 Å². The molecule has 122 valence electrons. The highest BCUT2D eigenvalue weighted by Crippen LogP contribution is 2.21. The highest BCUT2D eigenvalue weighted by Gasteiger charge is 2.21. The smallest absolute Gasteiger partial charge is 0.351 e. The number of ether oxygens (including phenoxy) is 2. The van der Waals surface area contributed by atoms with Gasteiger partial charge in [0.15, 0.2) is 6.10 Å². The zero-order chi connectivity index (χ0) is 17.0. The maximum atomic E-state index is 12.0. The third-order valence-electron chi connectivity index (χ3n) is 3.09. The summed E-state index contributed by atoms with van der Waals surface area (Å²) >= 11 is 1.18. The minimum absolute atomic E-state index is 0.257. The number of aromatic nitrogens is 1. The van der Waals surface area contributed by atoms with Gasteiger partial charge in [-0.2, -0.15) is 0 Å². The lowest BCUT2D eigenvalue weighted by molar-refractivity contribution is -0.125. The Kier molecular flexibility index (Phi) is 5.33. The largest absolute Gasteiger partial charge is 0.486 e. The van der Waals surface area contributed by atoms with Gasteiger partial charge >= 0.3 is 5.97 Å². The second kappa shape index (κ2) is 7.23. The van der Waals surface area contributed by atoms with Crippen molar-refractivity contribution in [1.82, 2.24) is 4.98 Å². The number of carbonyl (C=O) groups is 2. The van der Waals surface area contributed by atoms with Crippen LogP contribution in [0.5, 0.6) is 5.75 Å². The Balaban J connectivity index is 2.01. The van der Waals surface area contributed by atoms with E-state index in [9.17, 15) is 9.59 Å². The van der Waals surface area contributed by atoms with Crippen LogP contribution in [-0.2, 0) is 16.1 Å². The molecular weight excluding hydrogens is 316 g/mol. The average molecular weight is 334 g/mol. The summed E-state index contributed by atoms with van der Waals surface area (Å²) < 4.78 is 10.6. The van der Waals surface area contributed by atoms with E-state index in [2.05, 4.69) is 4.98 Å². The van der Waals surface area contributed by atoms with E-state index in [4.69, 9.17) is 15.2 Å². The number of esters is 1. The Labute approximate surface area is 138 Å². The Morgan fingerprint density at radius 2 is 1.91 bits per heavy atom. The Hall–Kier alpha value is -2.41.